The second kappa shape index (κ2) is 7.27. The van der Waals surface area contributed by atoms with Gasteiger partial charge in [0.25, 0.3) is 0 Å². The molecule has 0 bridgehead atoms. The van der Waals surface area contributed by atoms with Gasteiger partial charge in [-0.2, -0.15) is 0 Å². The zero-order chi connectivity index (χ0) is 11.3. The third kappa shape index (κ3) is 5.16. The first-order valence-corrected chi connectivity index (χ1v) is 4.69. The van der Waals surface area contributed by atoms with Crippen LogP contribution in [0.15, 0.2) is 16.5 Å². The molecule has 92 valence electrons. The van der Waals surface area contributed by atoms with E-state index in [9.17, 15) is 4.79 Å². The first-order chi connectivity index (χ1) is 7.11. The van der Waals surface area contributed by atoms with Gasteiger partial charge in [0.1, 0.15) is 18.1 Å². The summed E-state index contributed by atoms with van der Waals surface area (Å²) in [5.74, 6) is 0.907. The molecule has 0 aliphatic rings. The van der Waals surface area contributed by atoms with E-state index in [1.165, 1.54) is 6.92 Å². The van der Waals surface area contributed by atoms with Crippen molar-refractivity contribution in [3.05, 3.63) is 23.7 Å². The summed E-state index contributed by atoms with van der Waals surface area (Å²) in [5, 5.41) is 8.74. The van der Waals surface area contributed by atoms with Crippen molar-refractivity contribution >= 4 is 18.4 Å². The number of aliphatic hydroxyl groups is 1. The molecule has 1 heterocycles. The van der Waals surface area contributed by atoms with Crippen LogP contribution in [0.1, 0.15) is 18.4 Å². The zero-order valence-corrected chi connectivity index (χ0v) is 9.83. The third-order valence-electron chi connectivity index (χ3n) is 1.83. The molecule has 1 unspecified atom stereocenters. The van der Waals surface area contributed by atoms with Gasteiger partial charge in [0.2, 0.25) is 0 Å². The Labute approximate surface area is 100.0 Å². The summed E-state index contributed by atoms with van der Waals surface area (Å²) in [7, 11) is 0. The van der Waals surface area contributed by atoms with Gasteiger partial charge in [-0.25, -0.2) is 0 Å². The SMILES string of the molecule is CC(=O)OCc1ccc(CC(N)CO)o1.Cl. The minimum absolute atomic E-state index is 0. The van der Waals surface area contributed by atoms with E-state index in [4.69, 9.17) is 20.0 Å². The minimum atomic E-state index is -0.347. The second-order valence-electron chi connectivity index (χ2n) is 3.30. The van der Waals surface area contributed by atoms with Crippen molar-refractivity contribution < 1.29 is 19.1 Å². The molecule has 16 heavy (non-hydrogen) atoms. The maximum absolute atomic E-state index is 10.5. The monoisotopic (exact) mass is 249 g/mol. The Hall–Kier alpha value is -1.04. The van der Waals surface area contributed by atoms with Crippen molar-refractivity contribution in [2.24, 2.45) is 5.73 Å². The lowest BCUT2D eigenvalue weighted by Crippen LogP contribution is -2.26. The topological polar surface area (TPSA) is 85.7 Å². The van der Waals surface area contributed by atoms with E-state index in [1.54, 1.807) is 12.1 Å². The molecule has 0 amide bonds. The zero-order valence-electron chi connectivity index (χ0n) is 9.01. The summed E-state index contributed by atoms with van der Waals surface area (Å²) >= 11 is 0. The predicted molar refractivity (Wildman–Crippen MR) is 60.2 cm³/mol. The highest BCUT2D eigenvalue weighted by Crippen LogP contribution is 2.10. The minimum Gasteiger partial charge on any atom is -0.462 e. The molecule has 5 nitrogen and oxygen atoms in total. The molecule has 6 heteroatoms. The average Bonchev–Trinajstić information content (AvgIpc) is 2.62. The smallest absolute Gasteiger partial charge is 0.303 e. The van der Waals surface area contributed by atoms with E-state index in [0.29, 0.717) is 17.9 Å². The third-order valence-corrected chi connectivity index (χ3v) is 1.83. The molecule has 1 aromatic heterocycles. The Bertz CT molecular complexity index is 326. The number of hydrogen-bond acceptors (Lipinski definition) is 5. The van der Waals surface area contributed by atoms with E-state index in [2.05, 4.69) is 0 Å². The molecule has 0 aliphatic carbocycles. The van der Waals surface area contributed by atoms with Crippen molar-refractivity contribution in [3.63, 3.8) is 0 Å². The number of esters is 1. The molecule has 1 rings (SSSR count). The number of halogens is 1. The average molecular weight is 250 g/mol. The van der Waals surface area contributed by atoms with Gasteiger partial charge < -0.3 is 20.0 Å². The van der Waals surface area contributed by atoms with E-state index in [-0.39, 0.29) is 37.6 Å². The van der Waals surface area contributed by atoms with Crippen LogP contribution in [-0.4, -0.2) is 23.7 Å². The summed E-state index contributed by atoms with van der Waals surface area (Å²) in [6.45, 7) is 1.38. The van der Waals surface area contributed by atoms with E-state index >= 15 is 0 Å². The number of furan rings is 1. The molecule has 0 aliphatic heterocycles. The molecular weight excluding hydrogens is 234 g/mol. The summed E-state index contributed by atoms with van der Waals surface area (Å²) < 4.78 is 10.1. The van der Waals surface area contributed by atoms with Crippen molar-refractivity contribution in [3.8, 4) is 0 Å². The van der Waals surface area contributed by atoms with Crippen molar-refractivity contribution in [2.45, 2.75) is 26.0 Å². The van der Waals surface area contributed by atoms with Crippen LogP contribution in [-0.2, 0) is 22.6 Å². The van der Waals surface area contributed by atoms with Gasteiger partial charge in [0.15, 0.2) is 0 Å². The highest BCUT2D eigenvalue weighted by atomic mass is 35.5. The second-order valence-corrected chi connectivity index (χ2v) is 3.30. The predicted octanol–water partition coefficient (Wildman–Crippen LogP) is 0.627. The number of hydrogen-bond donors (Lipinski definition) is 2. The number of carbonyl (C=O) groups excluding carboxylic acids is 1. The highest BCUT2D eigenvalue weighted by Gasteiger charge is 2.07. The Morgan fingerprint density at radius 2 is 2.19 bits per heavy atom. The molecule has 0 radical (unpaired) electrons. The summed E-state index contributed by atoms with van der Waals surface area (Å²) in [6.07, 6.45) is 0.469. The molecule has 1 atom stereocenters. The van der Waals surface area contributed by atoms with Crippen molar-refractivity contribution in [1.82, 2.24) is 0 Å². The van der Waals surface area contributed by atoms with Crippen LogP contribution >= 0.6 is 12.4 Å². The number of rotatable bonds is 5. The van der Waals surface area contributed by atoms with Gasteiger partial charge in [-0.1, -0.05) is 0 Å². The summed E-state index contributed by atoms with van der Waals surface area (Å²) in [4.78, 5) is 10.5. The van der Waals surface area contributed by atoms with E-state index < -0.39 is 0 Å². The normalized spacial score (nSPS) is 11.7. The lowest BCUT2D eigenvalue weighted by atomic mass is 10.2. The highest BCUT2D eigenvalue weighted by molar-refractivity contribution is 5.85. The van der Waals surface area contributed by atoms with Gasteiger partial charge in [-0.15, -0.1) is 12.4 Å². The van der Waals surface area contributed by atoms with Crippen LogP contribution in [0.2, 0.25) is 0 Å². The van der Waals surface area contributed by atoms with E-state index in [0.717, 1.165) is 0 Å². The van der Waals surface area contributed by atoms with Crippen LogP contribution in [0, 0.1) is 0 Å². The quantitative estimate of drug-likeness (QED) is 0.748. The first kappa shape index (κ1) is 15.0. The van der Waals surface area contributed by atoms with Gasteiger partial charge in [0, 0.05) is 19.4 Å². The summed E-state index contributed by atoms with van der Waals surface area (Å²) in [6, 6.07) is 3.16. The molecule has 0 aromatic carbocycles. The molecule has 0 saturated heterocycles. The fourth-order valence-corrected chi connectivity index (χ4v) is 1.11. The maximum Gasteiger partial charge on any atom is 0.303 e. The lowest BCUT2D eigenvalue weighted by Gasteiger charge is -2.04. The first-order valence-electron chi connectivity index (χ1n) is 4.69. The van der Waals surface area contributed by atoms with Crippen LogP contribution < -0.4 is 5.73 Å². The van der Waals surface area contributed by atoms with Crippen molar-refractivity contribution in [1.29, 1.82) is 0 Å². The molecule has 0 spiro atoms. The number of nitrogens with two attached hydrogens (primary N) is 1. The maximum atomic E-state index is 10.5. The van der Waals surface area contributed by atoms with Crippen LogP contribution in [0.5, 0.6) is 0 Å². The van der Waals surface area contributed by atoms with Gasteiger partial charge in [-0.05, 0) is 12.1 Å². The Morgan fingerprint density at radius 1 is 1.56 bits per heavy atom. The lowest BCUT2D eigenvalue weighted by molar-refractivity contribution is -0.142. The number of aliphatic hydroxyl groups excluding tert-OH is 1. The molecule has 0 fully saturated rings. The van der Waals surface area contributed by atoms with E-state index in [1.807, 2.05) is 0 Å². The van der Waals surface area contributed by atoms with Crippen LogP contribution in [0.3, 0.4) is 0 Å². The summed E-state index contributed by atoms with van der Waals surface area (Å²) in [5.41, 5.74) is 5.54. The molecule has 3 N–H and O–H groups in total. The van der Waals surface area contributed by atoms with Gasteiger partial charge >= 0.3 is 5.97 Å². The van der Waals surface area contributed by atoms with Gasteiger partial charge in [-0.3, -0.25) is 4.79 Å². The Balaban J connectivity index is 0.00000225. The molecule has 0 saturated carbocycles. The Morgan fingerprint density at radius 3 is 2.75 bits per heavy atom. The molecule has 1 aromatic rings. The molecular formula is C10H16ClNO4. The number of carbonyl (C=O) groups is 1. The number of ether oxygens (including phenoxy) is 1. The van der Waals surface area contributed by atoms with Crippen molar-refractivity contribution in [2.75, 3.05) is 6.61 Å². The Kier molecular flexibility index (Phi) is 6.80. The largest absolute Gasteiger partial charge is 0.462 e. The fraction of sp³-hybridized carbons (Fsp3) is 0.500. The van der Waals surface area contributed by atoms with Gasteiger partial charge in [0.05, 0.1) is 6.61 Å². The van der Waals surface area contributed by atoms with Crippen LogP contribution in [0.25, 0.3) is 0 Å². The fourth-order valence-electron chi connectivity index (χ4n) is 1.11. The van der Waals surface area contributed by atoms with Crippen LogP contribution in [0.4, 0.5) is 0 Å². The standard InChI is InChI=1S/C10H15NO4.ClH/c1-7(13)14-6-10-3-2-9(15-10)4-8(11)5-12;/h2-3,8,12H,4-6,11H2,1H3;1H.